The minimum atomic E-state index is -0.167. The molecule has 1 aliphatic carbocycles. The molecule has 7 heteroatoms. The second kappa shape index (κ2) is 13.3. The standard InChI is InChI=1S/C31H39ClN2O4/c1-21-7-8-24-11-14-27(31(36)33-15-16-37-2)30(38-3)28(24)20-34(21)19-23-6-4-5-22(17-23)18-29(35)25-9-12-26(32)13-10-25/h8-14,20-23H,4-7,15-19H2,1-3H3,(H,33,36). The molecule has 6 nitrogen and oxygen atoms in total. The summed E-state index contributed by atoms with van der Waals surface area (Å²) in [5.41, 5.74) is 1.27. The number of hydrogen-bond donors (Lipinski definition) is 1. The van der Waals surface area contributed by atoms with E-state index >= 15 is 0 Å². The van der Waals surface area contributed by atoms with Gasteiger partial charge in [-0.3, -0.25) is 9.59 Å². The first-order valence-corrected chi connectivity index (χ1v) is 14.0. The SMILES string of the molecule is COCCNC(=O)c1ccc2c(c1OC)=CN(CC1CCCC(CC(=O)c3ccc(Cl)cc3)C1)C(C)CC=2. The fourth-order valence-corrected chi connectivity index (χ4v) is 5.84. The average molecular weight is 539 g/mol. The van der Waals surface area contributed by atoms with Crippen molar-refractivity contribution in [2.75, 3.05) is 33.9 Å². The van der Waals surface area contributed by atoms with Gasteiger partial charge in [-0.2, -0.15) is 0 Å². The van der Waals surface area contributed by atoms with Crippen LogP contribution in [-0.2, 0) is 4.74 Å². The van der Waals surface area contributed by atoms with Crippen molar-refractivity contribution in [2.24, 2.45) is 11.8 Å². The van der Waals surface area contributed by atoms with Crippen molar-refractivity contribution in [2.45, 2.75) is 51.5 Å². The van der Waals surface area contributed by atoms with Gasteiger partial charge in [-0.15, -0.1) is 0 Å². The molecular weight excluding hydrogens is 500 g/mol. The molecule has 2 aliphatic rings. The highest BCUT2D eigenvalue weighted by atomic mass is 35.5. The number of halogens is 1. The number of carbonyl (C=O) groups is 2. The number of hydrogen-bond acceptors (Lipinski definition) is 5. The highest BCUT2D eigenvalue weighted by Gasteiger charge is 2.27. The van der Waals surface area contributed by atoms with Crippen molar-refractivity contribution in [1.29, 1.82) is 0 Å². The van der Waals surface area contributed by atoms with Gasteiger partial charge in [0, 0.05) is 54.7 Å². The second-order valence-electron chi connectivity index (χ2n) is 10.5. The van der Waals surface area contributed by atoms with Crippen LogP contribution in [0.4, 0.5) is 0 Å². The molecule has 4 rings (SSSR count). The molecule has 0 aromatic heterocycles. The third kappa shape index (κ3) is 6.97. The number of methoxy groups -OCH3 is 2. The number of amides is 1. The van der Waals surface area contributed by atoms with Gasteiger partial charge in [-0.25, -0.2) is 0 Å². The first-order chi connectivity index (χ1) is 18.4. The summed E-state index contributed by atoms with van der Waals surface area (Å²) in [4.78, 5) is 28.1. The molecule has 1 amide bonds. The van der Waals surface area contributed by atoms with Crippen molar-refractivity contribution < 1.29 is 19.1 Å². The van der Waals surface area contributed by atoms with Crippen LogP contribution in [0.5, 0.6) is 5.75 Å². The highest BCUT2D eigenvalue weighted by Crippen LogP contribution is 2.33. The zero-order valence-electron chi connectivity index (χ0n) is 22.7. The Labute approximate surface area is 230 Å². The predicted molar refractivity (Wildman–Crippen MR) is 152 cm³/mol. The summed E-state index contributed by atoms with van der Waals surface area (Å²) in [5.74, 6) is 1.54. The Balaban J connectivity index is 1.50. The van der Waals surface area contributed by atoms with Gasteiger partial charge < -0.3 is 19.7 Å². The minimum Gasteiger partial charge on any atom is -0.495 e. The normalized spacial score (nSPS) is 20.9. The lowest BCUT2D eigenvalue weighted by atomic mass is 9.78. The van der Waals surface area contributed by atoms with E-state index in [-0.39, 0.29) is 11.7 Å². The number of nitrogens with zero attached hydrogens (tertiary/aromatic N) is 1. The third-order valence-electron chi connectivity index (χ3n) is 7.81. The van der Waals surface area contributed by atoms with Crippen LogP contribution in [0.25, 0.3) is 12.3 Å². The lowest BCUT2D eigenvalue weighted by molar-refractivity contribution is 0.0925. The van der Waals surface area contributed by atoms with Crippen molar-refractivity contribution >= 4 is 35.6 Å². The fraction of sp³-hybridized carbons (Fsp3) is 0.484. The van der Waals surface area contributed by atoms with E-state index in [1.807, 2.05) is 24.3 Å². The summed E-state index contributed by atoms with van der Waals surface area (Å²) in [6.45, 7) is 4.07. The number of rotatable bonds is 10. The van der Waals surface area contributed by atoms with Crippen LogP contribution in [-0.4, -0.2) is 56.5 Å². The molecule has 2 aromatic carbocycles. The molecule has 1 heterocycles. The van der Waals surface area contributed by atoms with Crippen LogP contribution in [0, 0.1) is 11.8 Å². The van der Waals surface area contributed by atoms with Crippen LogP contribution < -0.4 is 20.5 Å². The molecule has 1 N–H and O–H groups in total. The number of nitrogens with one attached hydrogen (secondary N) is 1. The summed E-state index contributed by atoms with van der Waals surface area (Å²) in [7, 11) is 3.24. The van der Waals surface area contributed by atoms with Crippen LogP contribution >= 0.6 is 11.6 Å². The molecule has 1 fully saturated rings. The largest absolute Gasteiger partial charge is 0.495 e. The Bertz CT molecular complexity index is 1240. The summed E-state index contributed by atoms with van der Waals surface area (Å²) in [6.07, 6.45) is 10.4. The Hall–Kier alpha value is -2.83. The number of fused-ring (bicyclic) bond motifs is 1. The monoisotopic (exact) mass is 538 g/mol. The minimum absolute atomic E-state index is 0.167. The summed E-state index contributed by atoms with van der Waals surface area (Å²) >= 11 is 5.99. The van der Waals surface area contributed by atoms with Crippen LogP contribution in [0.15, 0.2) is 36.4 Å². The van der Waals surface area contributed by atoms with Crippen LogP contribution in [0.3, 0.4) is 0 Å². The molecule has 0 spiro atoms. The molecular formula is C31H39ClN2O4. The number of benzene rings is 2. The van der Waals surface area contributed by atoms with Gasteiger partial charge in [0.05, 0.1) is 19.3 Å². The molecule has 0 saturated heterocycles. The van der Waals surface area contributed by atoms with Gasteiger partial charge in [0.25, 0.3) is 5.91 Å². The molecule has 3 unspecified atom stereocenters. The van der Waals surface area contributed by atoms with Gasteiger partial charge in [-0.05, 0) is 80.0 Å². The number of carbonyl (C=O) groups excluding carboxylic acids is 2. The van der Waals surface area contributed by atoms with Crippen LogP contribution in [0.1, 0.15) is 66.2 Å². The highest BCUT2D eigenvalue weighted by molar-refractivity contribution is 6.30. The smallest absolute Gasteiger partial charge is 0.255 e. The van der Waals surface area contributed by atoms with Gasteiger partial charge >= 0.3 is 0 Å². The van der Waals surface area contributed by atoms with E-state index in [0.29, 0.717) is 53.8 Å². The molecule has 2 aromatic rings. The zero-order valence-corrected chi connectivity index (χ0v) is 23.4. The number of ether oxygens (including phenoxy) is 2. The van der Waals surface area contributed by atoms with E-state index in [0.717, 1.165) is 48.2 Å². The number of Topliss-reactive ketones (excluding diaryl/α,β-unsaturated/α-hetero) is 1. The topological polar surface area (TPSA) is 67.9 Å². The van der Waals surface area contributed by atoms with Gasteiger partial charge in [0.15, 0.2) is 5.78 Å². The average Bonchev–Trinajstić information content (AvgIpc) is 3.07. The Kier molecular flexibility index (Phi) is 9.86. The van der Waals surface area contributed by atoms with Gasteiger partial charge in [0.1, 0.15) is 5.75 Å². The molecule has 38 heavy (non-hydrogen) atoms. The maximum absolute atomic E-state index is 12.9. The molecule has 0 radical (unpaired) electrons. The second-order valence-corrected chi connectivity index (χ2v) is 11.0. The van der Waals surface area contributed by atoms with E-state index in [2.05, 4.69) is 29.4 Å². The first-order valence-electron chi connectivity index (χ1n) is 13.6. The molecule has 1 saturated carbocycles. The Morgan fingerprint density at radius 3 is 2.58 bits per heavy atom. The van der Waals surface area contributed by atoms with Gasteiger partial charge in [0.2, 0.25) is 0 Å². The lowest BCUT2D eigenvalue weighted by Gasteiger charge is -2.35. The van der Waals surface area contributed by atoms with E-state index in [4.69, 9.17) is 21.1 Å². The maximum Gasteiger partial charge on any atom is 0.255 e. The molecule has 3 atom stereocenters. The lowest BCUT2D eigenvalue weighted by Crippen LogP contribution is -2.37. The predicted octanol–water partition coefficient (Wildman–Crippen LogP) is 4.42. The van der Waals surface area contributed by atoms with Crippen molar-refractivity contribution in [3.05, 3.63) is 63.0 Å². The number of ketones is 1. The van der Waals surface area contributed by atoms with Crippen molar-refractivity contribution in [3.63, 3.8) is 0 Å². The molecule has 204 valence electrons. The van der Waals surface area contributed by atoms with Crippen molar-refractivity contribution in [3.8, 4) is 5.75 Å². The Morgan fingerprint density at radius 1 is 1.08 bits per heavy atom. The van der Waals surface area contributed by atoms with Crippen molar-refractivity contribution in [1.82, 2.24) is 10.2 Å². The van der Waals surface area contributed by atoms with Crippen LogP contribution in [0.2, 0.25) is 5.02 Å². The molecule has 1 aliphatic heterocycles. The quantitative estimate of drug-likeness (QED) is 0.358. The first kappa shape index (κ1) is 28.2. The fourth-order valence-electron chi connectivity index (χ4n) is 5.71. The Morgan fingerprint density at radius 2 is 1.84 bits per heavy atom. The third-order valence-corrected chi connectivity index (χ3v) is 8.06. The van der Waals surface area contributed by atoms with E-state index in [1.54, 1.807) is 26.4 Å². The summed E-state index contributed by atoms with van der Waals surface area (Å²) < 4.78 is 10.9. The summed E-state index contributed by atoms with van der Waals surface area (Å²) in [6, 6.07) is 11.4. The molecule has 0 bridgehead atoms. The summed E-state index contributed by atoms with van der Waals surface area (Å²) in [5, 5.41) is 5.58. The van der Waals surface area contributed by atoms with E-state index < -0.39 is 0 Å². The van der Waals surface area contributed by atoms with Gasteiger partial charge in [-0.1, -0.05) is 30.2 Å². The maximum atomic E-state index is 12.9. The van der Waals surface area contributed by atoms with E-state index in [1.165, 1.54) is 6.42 Å². The zero-order chi connectivity index (χ0) is 27.1. The van der Waals surface area contributed by atoms with E-state index in [9.17, 15) is 9.59 Å².